The summed E-state index contributed by atoms with van der Waals surface area (Å²) in [6, 6.07) is 5.48. The van der Waals surface area contributed by atoms with E-state index in [2.05, 4.69) is 20.6 Å². The number of nitrogens with one attached hydrogen (secondary N) is 2. The molecule has 0 spiro atoms. The summed E-state index contributed by atoms with van der Waals surface area (Å²) in [7, 11) is 1.40. The van der Waals surface area contributed by atoms with E-state index in [0.29, 0.717) is 5.56 Å². The van der Waals surface area contributed by atoms with Gasteiger partial charge in [0.05, 0.1) is 6.61 Å². The van der Waals surface area contributed by atoms with Crippen LogP contribution in [0.3, 0.4) is 0 Å². The van der Waals surface area contributed by atoms with Gasteiger partial charge in [-0.2, -0.15) is 4.98 Å². The van der Waals surface area contributed by atoms with E-state index in [1.807, 2.05) is 0 Å². The highest BCUT2D eigenvalue weighted by molar-refractivity contribution is 5.95. The van der Waals surface area contributed by atoms with Gasteiger partial charge < -0.3 is 25.6 Å². The van der Waals surface area contributed by atoms with Crippen molar-refractivity contribution in [3.05, 3.63) is 47.2 Å². The molecule has 0 radical (unpaired) electrons. The minimum atomic E-state index is -1.25. The molecular weight excluding hydrogens is 371 g/mol. The highest BCUT2D eigenvalue weighted by Crippen LogP contribution is 2.29. The van der Waals surface area contributed by atoms with Gasteiger partial charge in [0.25, 0.3) is 11.8 Å². The van der Waals surface area contributed by atoms with Gasteiger partial charge in [-0.3, -0.25) is 9.59 Å². The van der Waals surface area contributed by atoms with Crippen LogP contribution >= 0.6 is 0 Å². The van der Waals surface area contributed by atoms with E-state index in [1.165, 1.54) is 38.3 Å². The number of aromatic hydroxyl groups is 2. The van der Waals surface area contributed by atoms with Crippen LogP contribution < -0.4 is 10.6 Å². The Bertz CT molecular complexity index is 875. The van der Waals surface area contributed by atoms with Gasteiger partial charge in [-0.05, 0) is 24.6 Å². The van der Waals surface area contributed by atoms with Gasteiger partial charge in [0.1, 0.15) is 11.4 Å². The SMILES string of the molecule is COCC(C)(NC(C)=O)c1nc(O)c(O)c(C(=O)NCc2ccc(F)cc2)n1. The monoisotopic (exact) mass is 392 g/mol. The lowest BCUT2D eigenvalue weighted by Gasteiger charge is -2.28. The number of aromatic nitrogens is 2. The van der Waals surface area contributed by atoms with Gasteiger partial charge in [0.2, 0.25) is 11.7 Å². The smallest absolute Gasteiger partial charge is 0.274 e. The molecule has 10 heteroatoms. The van der Waals surface area contributed by atoms with Gasteiger partial charge in [-0.1, -0.05) is 12.1 Å². The topological polar surface area (TPSA) is 134 Å². The third-order valence-corrected chi connectivity index (χ3v) is 3.83. The van der Waals surface area contributed by atoms with E-state index in [4.69, 9.17) is 4.74 Å². The predicted octanol–water partition coefficient (Wildman–Crippen LogP) is 0.955. The summed E-state index contributed by atoms with van der Waals surface area (Å²) in [4.78, 5) is 31.8. The molecule has 150 valence electrons. The number of ether oxygens (including phenoxy) is 1. The Labute approximate surface area is 160 Å². The van der Waals surface area contributed by atoms with Crippen LogP contribution in [0.1, 0.15) is 35.7 Å². The van der Waals surface area contributed by atoms with Crippen molar-refractivity contribution in [3.8, 4) is 11.6 Å². The fourth-order valence-electron chi connectivity index (χ4n) is 2.55. The zero-order chi connectivity index (χ0) is 20.9. The van der Waals surface area contributed by atoms with Crippen molar-refractivity contribution in [1.82, 2.24) is 20.6 Å². The van der Waals surface area contributed by atoms with Gasteiger partial charge in [-0.25, -0.2) is 9.37 Å². The Morgan fingerprint density at radius 3 is 2.43 bits per heavy atom. The van der Waals surface area contributed by atoms with Crippen LogP contribution in [0, 0.1) is 5.82 Å². The van der Waals surface area contributed by atoms with Crippen molar-refractivity contribution in [2.75, 3.05) is 13.7 Å². The highest BCUT2D eigenvalue weighted by Gasteiger charge is 2.34. The minimum absolute atomic E-state index is 0.0414. The average molecular weight is 392 g/mol. The second-order valence-corrected chi connectivity index (χ2v) is 6.32. The van der Waals surface area contributed by atoms with Crippen LogP contribution in [0.5, 0.6) is 11.6 Å². The lowest BCUT2D eigenvalue weighted by atomic mass is 10.0. The van der Waals surface area contributed by atoms with Crippen LogP contribution in [0.4, 0.5) is 4.39 Å². The molecule has 0 bridgehead atoms. The average Bonchev–Trinajstić information content (AvgIpc) is 2.62. The maximum Gasteiger partial charge on any atom is 0.274 e. The third-order valence-electron chi connectivity index (χ3n) is 3.83. The number of amides is 2. The number of carbonyl (C=O) groups excluding carboxylic acids is 2. The summed E-state index contributed by atoms with van der Waals surface area (Å²) >= 11 is 0. The molecule has 1 aromatic heterocycles. The summed E-state index contributed by atoms with van der Waals surface area (Å²) in [6.07, 6.45) is 0. The molecular formula is C18H21FN4O5. The lowest BCUT2D eigenvalue weighted by molar-refractivity contribution is -0.121. The maximum absolute atomic E-state index is 13.0. The van der Waals surface area contributed by atoms with Crippen molar-refractivity contribution in [2.45, 2.75) is 25.9 Å². The molecule has 2 amide bonds. The molecule has 1 heterocycles. The van der Waals surface area contributed by atoms with E-state index in [-0.39, 0.29) is 19.0 Å². The van der Waals surface area contributed by atoms with Gasteiger partial charge >= 0.3 is 0 Å². The van der Waals surface area contributed by atoms with Crippen molar-refractivity contribution < 1.29 is 28.9 Å². The Kier molecular flexibility index (Phi) is 6.47. The van der Waals surface area contributed by atoms with Crippen molar-refractivity contribution >= 4 is 11.8 Å². The number of hydrogen-bond acceptors (Lipinski definition) is 7. The standard InChI is InChI=1S/C18H21FN4O5/c1-10(24)23-18(2,9-28-3)17-21-13(14(25)16(27)22-17)15(26)20-8-11-4-6-12(19)7-5-11/h4-7,25H,8-9H2,1-3H3,(H,20,26)(H,23,24)(H,21,22,27). The third kappa shape index (κ3) is 4.92. The minimum Gasteiger partial charge on any atom is -0.501 e. The number of nitrogens with zero attached hydrogens (tertiary/aromatic N) is 2. The number of hydrogen-bond donors (Lipinski definition) is 4. The van der Waals surface area contributed by atoms with Gasteiger partial charge in [-0.15, -0.1) is 0 Å². The molecule has 2 aromatic rings. The molecule has 4 N–H and O–H groups in total. The second-order valence-electron chi connectivity index (χ2n) is 6.32. The zero-order valence-electron chi connectivity index (χ0n) is 15.6. The Hall–Kier alpha value is -3.27. The molecule has 0 aliphatic heterocycles. The quantitative estimate of drug-likeness (QED) is 0.551. The Balaban J connectivity index is 2.31. The first-order valence-electron chi connectivity index (χ1n) is 8.27. The van der Waals surface area contributed by atoms with Crippen molar-refractivity contribution in [2.24, 2.45) is 0 Å². The van der Waals surface area contributed by atoms with Crippen LogP contribution in [-0.4, -0.2) is 45.7 Å². The summed E-state index contributed by atoms with van der Waals surface area (Å²) in [5.41, 5.74) is -1.11. The van der Waals surface area contributed by atoms with E-state index in [9.17, 15) is 24.2 Å². The number of benzene rings is 1. The molecule has 0 saturated heterocycles. The van der Waals surface area contributed by atoms with Crippen LogP contribution in [0.15, 0.2) is 24.3 Å². The first-order valence-corrected chi connectivity index (χ1v) is 8.27. The molecule has 0 fully saturated rings. The van der Waals surface area contributed by atoms with Gasteiger partial charge in [0, 0.05) is 20.6 Å². The molecule has 1 unspecified atom stereocenters. The van der Waals surface area contributed by atoms with E-state index >= 15 is 0 Å². The largest absolute Gasteiger partial charge is 0.501 e. The van der Waals surface area contributed by atoms with Crippen molar-refractivity contribution in [3.63, 3.8) is 0 Å². The lowest BCUT2D eigenvalue weighted by Crippen LogP contribution is -2.47. The summed E-state index contributed by atoms with van der Waals surface area (Å²) in [5, 5.41) is 25.0. The zero-order valence-corrected chi connectivity index (χ0v) is 15.6. The molecule has 2 rings (SSSR count). The normalized spacial score (nSPS) is 12.9. The maximum atomic E-state index is 13.0. The van der Waals surface area contributed by atoms with E-state index < -0.39 is 40.5 Å². The number of rotatable bonds is 7. The van der Waals surface area contributed by atoms with Crippen LogP contribution in [-0.2, 0) is 21.6 Å². The van der Waals surface area contributed by atoms with Gasteiger partial charge in [0.15, 0.2) is 11.5 Å². The summed E-state index contributed by atoms with van der Waals surface area (Å²) < 4.78 is 18.0. The summed E-state index contributed by atoms with van der Waals surface area (Å²) in [6.45, 7) is 2.82. The van der Waals surface area contributed by atoms with E-state index in [1.54, 1.807) is 6.92 Å². The molecule has 0 saturated carbocycles. The summed E-state index contributed by atoms with van der Waals surface area (Å²) in [5.74, 6) is -3.34. The number of halogens is 1. The Morgan fingerprint density at radius 1 is 1.21 bits per heavy atom. The first-order chi connectivity index (χ1) is 13.2. The second kappa shape index (κ2) is 8.61. The molecule has 28 heavy (non-hydrogen) atoms. The molecule has 0 aliphatic carbocycles. The van der Waals surface area contributed by atoms with E-state index in [0.717, 1.165) is 0 Å². The molecule has 0 aliphatic rings. The van der Waals surface area contributed by atoms with Crippen molar-refractivity contribution in [1.29, 1.82) is 0 Å². The Morgan fingerprint density at radius 2 is 1.86 bits per heavy atom. The highest BCUT2D eigenvalue weighted by atomic mass is 19.1. The molecule has 1 aromatic carbocycles. The van der Waals surface area contributed by atoms with Crippen LogP contribution in [0.2, 0.25) is 0 Å². The predicted molar refractivity (Wildman–Crippen MR) is 96.0 cm³/mol. The fraction of sp³-hybridized carbons (Fsp3) is 0.333. The van der Waals surface area contributed by atoms with Crippen LogP contribution in [0.25, 0.3) is 0 Å². The molecule has 1 atom stereocenters. The number of carbonyl (C=O) groups is 2. The number of methoxy groups -OCH3 is 1. The first kappa shape index (κ1) is 21.0. The fourth-order valence-corrected chi connectivity index (χ4v) is 2.55. The molecule has 9 nitrogen and oxygen atoms in total.